The molecule has 0 fully saturated rings. The number of hydrogen-bond acceptors (Lipinski definition) is 6. The third kappa shape index (κ3) is 13.8. The van der Waals surface area contributed by atoms with Crippen molar-refractivity contribution in [1.82, 2.24) is 0 Å². The predicted octanol–water partition coefficient (Wildman–Crippen LogP) is 10.9. The summed E-state index contributed by atoms with van der Waals surface area (Å²) >= 11 is 27.7. The van der Waals surface area contributed by atoms with Crippen molar-refractivity contribution in [3.05, 3.63) is 115 Å². The molecule has 0 aromatic heterocycles. The van der Waals surface area contributed by atoms with Crippen molar-refractivity contribution in [1.29, 1.82) is 0 Å². The number of hydrogen-bond donors (Lipinski definition) is 3. The number of ether oxygens (including phenoxy) is 1. The van der Waals surface area contributed by atoms with E-state index in [1.54, 1.807) is 0 Å². The van der Waals surface area contributed by atoms with E-state index >= 15 is 0 Å². The van der Waals surface area contributed by atoms with Crippen LogP contribution < -0.4 is 15.4 Å². The number of phenolic OH excluding ortho intramolecular Hbond substituents is 1. The highest BCUT2D eigenvalue weighted by Crippen LogP contribution is 2.36. The van der Waals surface area contributed by atoms with Crippen molar-refractivity contribution < 1.29 is 55.4 Å². The Balaban J connectivity index is 0.000000322. The van der Waals surface area contributed by atoms with E-state index in [0.29, 0.717) is 12.1 Å². The zero-order chi connectivity index (χ0) is 38.8. The number of carbonyl (C=O) groups excluding carboxylic acids is 4. The van der Waals surface area contributed by atoms with Gasteiger partial charge in [0.1, 0.15) is 11.5 Å². The molecule has 0 heterocycles. The summed E-state index contributed by atoms with van der Waals surface area (Å²) in [5.74, 6) is -2.51. The first-order chi connectivity index (χ1) is 23.5. The molecule has 19 heteroatoms. The van der Waals surface area contributed by atoms with Crippen LogP contribution in [-0.4, -0.2) is 28.1 Å². The fourth-order valence-corrected chi connectivity index (χ4v) is 4.38. The Bertz CT molecular complexity index is 1940. The van der Waals surface area contributed by atoms with Gasteiger partial charge in [-0.1, -0.05) is 46.4 Å². The summed E-state index contributed by atoms with van der Waals surface area (Å²) in [6.07, 6.45) is -9.08. The molecule has 8 nitrogen and oxygen atoms in total. The van der Waals surface area contributed by atoms with Crippen LogP contribution in [0.4, 0.5) is 37.7 Å². The zero-order valence-electron chi connectivity index (χ0n) is 25.6. The average Bonchev–Trinajstić information content (AvgIpc) is 3.00. The van der Waals surface area contributed by atoms with Crippen LogP contribution >= 0.6 is 58.0 Å². The Morgan fingerprint density at radius 3 is 1.41 bits per heavy atom. The molecule has 0 saturated heterocycles. The van der Waals surface area contributed by atoms with E-state index in [1.165, 1.54) is 43.3 Å². The van der Waals surface area contributed by atoms with E-state index in [4.69, 9.17) is 51.1 Å². The average molecular weight is 821 g/mol. The quantitative estimate of drug-likeness (QED) is 0.0798. The number of amides is 2. The van der Waals surface area contributed by atoms with Gasteiger partial charge in [-0.3, -0.25) is 19.2 Å². The smallest absolute Gasteiger partial charge is 0.416 e. The number of esters is 1. The molecule has 4 rings (SSSR count). The Hall–Kier alpha value is -4.21. The van der Waals surface area contributed by atoms with Crippen LogP contribution in [0.3, 0.4) is 0 Å². The third-order valence-electron chi connectivity index (χ3n) is 5.73. The molecule has 0 unspecified atom stereocenters. The molecule has 3 N–H and O–H groups in total. The Kier molecular flexibility index (Phi) is 15.4. The molecular formula is C32H21Cl5F6N2O6. The third-order valence-corrected chi connectivity index (χ3v) is 6.83. The van der Waals surface area contributed by atoms with E-state index < -0.39 is 41.3 Å². The topological polar surface area (TPSA) is 122 Å². The van der Waals surface area contributed by atoms with Crippen LogP contribution in [0.2, 0.25) is 20.1 Å². The van der Waals surface area contributed by atoms with Crippen LogP contribution in [0, 0.1) is 0 Å². The number of benzene rings is 4. The van der Waals surface area contributed by atoms with E-state index in [1.807, 2.05) is 0 Å². The molecule has 0 spiro atoms. The van der Waals surface area contributed by atoms with Crippen molar-refractivity contribution in [2.45, 2.75) is 26.2 Å². The number of alkyl halides is 6. The normalized spacial score (nSPS) is 10.8. The van der Waals surface area contributed by atoms with Crippen LogP contribution in [-0.2, 0) is 21.9 Å². The molecule has 0 atom stereocenters. The maximum Gasteiger partial charge on any atom is 0.416 e. The molecular weight excluding hydrogens is 800 g/mol. The summed E-state index contributed by atoms with van der Waals surface area (Å²) in [5, 5.41) is 13.8. The zero-order valence-corrected chi connectivity index (χ0v) is 29.4. The van der Waals surface area contributed by atoms with Gasteiger partial charge in [0.2, 0.25) is 5.24 Å². The number of anilines is 2. The Labute approximate surface area is 310 Å². The maximum atomic E-state index is 12.6. The number of aromatic hydroxyl groups is 1. The van der Waals surface area contributed by atoms with E-state index in [9.17, 15) is 50.6 Å². The number of rotatable bonds is 5. The van der Waals surface area contributed by atoms with Gasteiger partial charge in [0, 0.05) is 23.9 Å². The number of carbonyl (C=O) groups is 4. The van der Waals surface area contributed by atoms with Gasteiger partial charge in [-0.15, -0.1) is 0 Å². The maximum absolute atomic E-state index is 12.6. The number of halogens is 11. The van der Waals surface area contributed by atoms with Crippen molar-refractivity contribution in [3.63, 3.8) is 0 Å². The first-order valence-electron chi connectivity index (χ1n) is 13.5. The summed E-state index contributed by atoms with van der Waals surface area (Å²) in [5.41, 5.74) is -2.12. The van der Waals surface area contributed by atoms with Gasteiger partial charge in [-0.05, 0) is 84.4 Å². The molecule has 0 bridgehead atoms. The minimum Gasteiger partial charge on any atom is -0.507 e. The molecule has 0 radical (unpaired) electrons. The van der Waals surface area contributed by atoms with Crippen LogP contribution in [0.5, 0.6) is 11.5 Å². The van der Waals surface area contributed by atoms with Gasteiger partial charge >= 0.3 is 18.3 Å². The molecule has 51 heavy (non-hydrogen) atoms. The lowest BCUT2D eigenvalue weighted by molar-refractivity contribution is -0.138. The first kappa shape index (κ1) is 43.0. The molecule has 2 amide bonds. The summed E-state index contributed by atoms with van der Waals surface area (Å²) in [6, 6.07) is 12.9. The Morgan fingerprint density at radius 2 is 1.02 bits per heavy atom. The van der Waals surface area contributed by atoms with Crippen molar-refractivity contribution in [2.24, 2.45) is 0 Å². The van der Waals surface area contributed by atoms with Crippen LogP contribution in [0.15, 0.2) is 72.8 Å². The number of phenols is 1. The van der Waals surface area contributed by atoms with Gasteiger partial charge in [-0.25, -0.2) is 0 Å². The highest BCUT2D eigenvalue weighted by Gasteiger charge is 2.32. The fourth-order valence-electron chi connectivity index (χ4n) is 3.58. The summed E-state index contributed by atoms with van der Waals surface area (Å²) in [6.45, 7) is 2.45. The van der Waals surface area contributed by atoms with Gasteiger partial charge in [0.05, 0.1) is 43.7 Å². The lowest BCUT2D eigenvalue weighted by atomic mass is 10.1. The highest BCUT2D eigenvalue weighted by atomic mass is 35.5. The van der Waals surface area contributed by atoms with Crippen LogP contribution in [0.1, 0.15) is 45.7 Å². The molecule has 4 aromatic rings. The molecule has 0 saturated carbocycles. The molecule has 0 aliphatic heterocycles. The predicted molar refractivity (Wildman–Crippen MR) is 181 cm³/mol. The first-order valence-corrected chi connectivity index (χ1v) is 15.4. The Morgan fingerprint density at radius 1 is 0.627 bits per heavy atom. The van der Waals surface area contributed by atoms with Crippen molar-refractivity contribution in [2.75, 3.05) is 10.6 Å². The second kappa shape index (κ2) is 18.3. The highest BCUT2D eigenvalue weighted by molar-refractivity contribution is 6.62. The second-order valence-corrected chi connectivity index (χ2v) is 11.9. The van der Waals surface area contributed by atoms with E-state index in [-0.39, 0.29) is 59.3 Å². The SMILES string of the molecule is CC(=O)Cl.CC(=O)Oc1ccc(Cl)cc1C(=O)Nc1ccc(C(F)(F)F)cc1Cl.O=C(Nc1ccc(C(F)(F)F)cc1Cl)c1cc(Cl)ccc1O. The molecule has 0 aliphatic carbocycles. The van der Waals surface area contributed by atoms with Gasteiger partial charge in [0.15, 0.2) is 0 Å². The van der Waals surface area contributed by atoms with Crippen molar-refractivity contribution in [3.8, 4) is 11.5 Å². The van der Waals surface area contributed by atoms with Gasteiger partial charge in [0.25, 0.3) is 11.8 Å². The van der Waals surface area contributed by atoms with Crippen LogP contribution in [0.25, 0.3) is 0 Å². The van der Waals surface area contributed by atoms with Crippen molar-refractivity contribution >= 4 is 92.4 Å². The summed E-state index contributed by atoms with van der Waals surface area (Å²) < 4.78 is 80.4. The van der Waals surface area contributed by atoms with Gasteiger partial charge < -0.3 is 20.5 Å². The molecule has 0 aliphatic rings. The standard InChI is InChI=1S/C16H10Cl2F3NO3.C14H8Cl2F3NO2.C2H3ClO/c1-8(23)25-14-5-3-10(17)7-11(14)15(24)22-13-4-2-9(6-12(13)18)16(19,20)21;15-8-2-4-12(21)9(6-8)13(22)20-11-3-1-7(5-10(11)16)14(17,18)19;1-2(3)4/h2-7H,1H3,(H,22,24);1-6,21H,(H,20,22);1H3. The van der Waals surface area contributed by atoms with E-state index in [0.717, 1.165) is 31.2 Å². The van der Waals surface area contributed by atoms with E-state index in [2.05, 4.69) is 22.2 Å². The lowest BCUT2D eigenvalue weighted by Gasteiger charge is -2.13. The minimum absolute atomic E-state index is 0.0148. The minimum atomic E-state index is -4.55. The van der Waals surface area contributed by atoms with Gasteiger partial charge in [-0.2, -0.15) is 26.3 Å². The summed E-state index contributed by atoms with van der Waals surface area (Å²) in [7, 11) is 0. The lowest BCUT2D eigenvalue weighted by Crippen LogP contribution is -2.15. The largest absolute Gasteiger partial charge is 0.507 e. The molecule has 272 valence electrons. The second-order valence-electron chi connectivity index (χ2n) is 9.66. The monoisotopic (exact) mass is 818 g/mol. The molecule has 4 aromatic carbocycles. The summed E-state index contributed by atoms with van der Waals surface area (Å²) in [4.78, 5) is 44.7. The number of nitrogens with one attached hydrogen (secondary N) is 2. The fraction of sp³-hybridized carbons (Fsp3) is 0.125.